The fourth-order valence-electron chi connectivity index (χ4n) is 1.40. The zero-order chi connectivity index (χ0) is 12.4. The zero-order valence-electron chi connectivity index (χ0n) is 9.21. The lowest BCUT2D eigenvalue weighted by molar-refractivity contribution is 0.485. The first-order valence-electron chi connectivity index (χ1n) is 5.05. The largest absolute Gasteiger partial charge is 0.454 e. The third-order valence-electron chi connectivity index (χ3n) is 2.28. The minimum Gasteiger partial charge on any atom is -0.454 e. The van der Waals surface area contributed by atoms with Gasteiger partial charge in [0.2, 0.25) is 0 Å². The second-order valence-electron chi connectivity index (χ2n) is 3.72. The molecular weight excluding hydrogens is 257 g/mol. The number of rotatable bonds is 2. The number of ether oxygens (including phenoxy) is 1. The molecule has 0 unspecified atom stereocenters. The van der Waals surface area contributed by atoms with E-state index >= 15 is 0 Å². The number of benzene rings is 2. The van der Waals surface area contributed by atoms with E-state index in [-0.39, 0.29) is 0 Å². The van der Waals surface area contributed by atoms with Crippen LogP contribution >= 0.6 is 23.2 Å². The molecule has 0 atom stereocenters. The van der Waals surface area contributed by atoms with E-state index in [1.165, 1.54) is 0 Å². The summed E-state index contributed by atoms with van der Waals surface area (Å²) in [7, 11) is 0. The number of nitrogen functional groups attached to an aromatic ring is 1. The average Bonchev–Trinajstić information content (AvgIpc) is 2.28. The highest BCUT2D eigenvalue weighted by Gasteiger charge is 2.07. The highest BCUT2D eigenvalue weighted by molar-refractivity contribution is 6.32. The molecule has 2 aromatic rings. The highest BCUT2D eigenvalue weighted by atomic mass is 35.5. The molecule has 0 aromatic heterocycles. The maximum atomic E-state index is 6.04. The van der Waals surface area contributed by atoms with E-state index in [9.17, 15) is 0 Å². The number of aryl methyl sites for hydroxylation is 1. The molecule has 2 rings (SSSR count). The molecule has 0 fully saturated rings. The van der Waals surface area contributed by atoms with Crippen molar-refractivity contribution in [2.75, 3.05) is 5.73 Å². The van der Waals surface area contributed by atoms with Crippen LogP contribution in [0.15, 0.2) is 36.4 Å². The zero-order valence-corrected chi connectivity index (χ0v) is 10.7. The first kappa shape index (κ1) is 12.1. The Hall–Kier alpha value is -1.38. The average molecular weight is 268 g/mol. The Morgan fingerprint density at radius 2 is 1.76 bits per heavy atom. The Morgan fingerprint density at radius 3 is 2.53 bits per heavy atom. The molecule has 0 aliphatic heterocycles. The van der Waals surface area contributed by atoms with Gasteiger partial charge < -0.3 is 10.5 Å². The third kappa shape index (κ3) is 2.84. The molecule has 88 valence electrons. The first-order chi connectivity index (χ1) is 8.06. The van der Waals surface area contributed by atoms with Crippen LogP contribution in [0.3, 0.4) is 0 Å². The Bertz CT molecular complexity index is 506. The lowest BCUT2D eigenvalue weighted by atomic mass is 10.2. The molecule has 0 amide bonds. The SMILES string of the molecule is Cc1ccc(Cl)c(Oc2cc(Cl)ccc2N)c1. The minimum absolute atomic E-state index is 0.505. The van der Waals surface area contributed by atoms with Crippen LogP contribution in [0.1, 0.15) is 5.56 Å². The Balaban J connectivity index is 2.37. The van der Waals surface area contributed by atoms with E-state index in [0.29, 0.717) is 27.2 Å². The predicted octanol–water partition coefficient (Wildman–Crippen LogP) is 4.68. The summed E-state index contributed by atoms with van der Waals surface area (Å²) >= 11 is 11.9. The van der Waals surface area contributed by atoms with Gasteiger partial charge in [-0.1, -0.05) is 29.3 Å². The van der Waals surface area contributed by atoms with Crippen LogP contribution in [-0.4, -0.2) is 0 Å². The molecule has 0 spiro atoms. The van der Waals surface area contributed by atoms with Gasteiger partial charge in [0, 0.05) is 11.1 Å². The summed E-state index contributed by atoms with van der Waals surface area (Å²) in [5, 5.41) is 1.10. The van der Waals surface area contributed by atoms with E-state index in [4.69, 9.17) is 33.7 Å². The van der Waals surface area contributed by atoms with E-state index < -0.39 is 0 Å². The van der Waals surface area contributed by atoms with Crippen molar-refractivity contribution >= 4 is 28.9 Å². The number of halogens is 2. The Labute approximate surface area is 110 Å². The summed E-state index contributed by atoms with van der Waals surface area (Å²) in [6, 6.07) is 10.6. The summed E-state index contributed by atoms with van der Waals surface area (Å²) in [5.74, 6) is 1.07. The van der Waals surface area contributed by atoms with Gasteiger partial charge in [0.05, 0.1) is 10.7 Å². The second-order valence-corrected chi connectivity index (χ2v) is 4.56. The standard InChI is InChI=1S/C13H11Cl2NO/c1-8-2-4-10(15)12(6-8)17-13-7-9(14)3-5-11(13)16/h2-7H,16H2,1H3. The summed E-state index contributed by atoms with van der Waals surface area (Å²) in [5.41, 5.74) is 7.38. The van der Waals surface area contributed by atoms with Crippen molar-refractivity contribution in [3.05, 3.63) is 52.0 Å². The van der Waals surface area contributed by atoms with Gasteiger partial charge >= 0.3 is 0 Å². The van der Waals surface area contributed by atoms with Crippen molar-refractivity contribution in [3.63, 3.8) is 0 Å². The molecule has 0 heterocycles. The van der Waals surface area contributed by atoms with E-state index in [1.807, 2.05) is 19.1 Å². The number of hydrogen-bond donors (Lipinski definition) is 1. The maximum absolute atomic E-state index is 6.04. The number of hydrogen-bond acceptors (Lipinski definition) is 2. The lowest BCUT2D eigenvalue weighted by Crippen LogP contribution is -1.92. The van der Waals surface area contributed by atoms with E-state index in [2.05, 4.69) is 0 Å². The van der Waals surface area contributed by atoms with Crippen LogP contribution in [0.4, 0.5) is 5.69 Å². The maximum Gasteiger partial charge on any atom is 0.151 e. The number of anilines is 1. The molecule has 0 saturated carbocycles. The van der Waals surface area contributed by atoms with Crippen LogP contribution in [0.25, 0.3) is 0 Å². The van der Waals surface area contributed by atoms with Gasteiger partial charge in [0.1, 0.15) is 5.75 Å². The van der Waals surface area contributed by atoms with Crippen molar-refractivity contribution in [3.8, 4) is 11.5 Å². The molecule has 0 aliphatic rings. The van der Waals surface area contributed by atoms with Crippen LogP contribution < -0.4 is 10.5 Å². The molecule has 2 nitrogen and oxygen atoms in total. The van der Waals surface area contributed by atoms with Crippen molar-refractivity contribution in [1.82, 2.24) is 0 Å². The van der Waals surface area contributed by atoms with Gasteiger partial charge in [-0.3, -0.25) is 0 Å². The van der Waals surface area contributed by atoms with Gasteiger partial charge in [-0.25, -0.2) is 0 Å². The van der Waals surface area contributed by atoms with Crippen molar-refractivity contribution in [2.45, 2.75) is 6.92 Å². The fourth-order valence-corrected chi connectivity index (χ4v) is 1.72. The van der Waals surface area contributed by atoms with Crippen molar-refractivity contribution in [1.29, 1.82) is 0 Å². The van der Waals surface area contributed by atoms with Crippen molar-refractivity contribution in [2.24, 2.45) is 0 Å². The first-order valence-corrected chi connectivity index (χ1v) is 5.81. The summed E-state index contributed by atoms with van der Waals surface area (Å²) in [6.07, 6.45) is 0. The normalized spacial score (nSPS) is 10.3. The molecule has 2 aromatic carbocycles. The third-order valence-corrected chi connectivity index (χ3v) is 2.83. The van der Waals surface area contributed by atoms with E-state index in [1.54, 1.807) is 24.3 Å². The van der Waals surface area contributed by atoms with Gasteiger partial charge in [0.15, 0.2) is 5.75 Å². The summed E-state index contributed by atoms with van der Waals surface area (Å²) in [6.45, 7) is 1.96. The monoisotopic (exact) mass is 267 g/mol. The molecule has 17 heavy (non-hydrogen) atoms. The van der Waals surface area contributed by atoms with Crippen molar-refractivity contribution < 1.29 is 4.74 Å². The van der Waals surface area contributed by atoms with E-state index in [0.717, 1.165) is 5.56 Å². The van der Waals surface area contributed by atoms with Crippen LogP contribution in [0.2, 0.25) is 10.0 Å². The second kappa shape index (κ2) is 4.86. The molecule has 2 N–H and O–H groups in total. The number of nitrogens with two attached hydrogens (primary N) is 1. The van der Waals surface area contributed by atoms with Crippen LogP contribution in [0.5, 0.6) is 11.5 Å². The fraction of sp³-hybridized carbons (Fsp3) is 0.0769. The van der Waals surface area contributed by atoms with Gasteiger partial charge in [-0.15, -0.1) is 0 Å². The Kier molecular flexibility index (Phi) is 3.46. The molecular formula is C13H11Cl2NO. The summed E-state index contributed by atoms with van der Waals surface area (Å²) < 4.78 is 5.66. The molecule has 4 heteroatoms. The molecule has 0 radical (unpaired) electrons. The molecule has 0 saturated heterocycles. The van der Waals surface area contributed by atoms with Gasteiger partial charge in [-0.05, 0) is 36.8 Å². The van der Waals surface area contributed by atoms with Crippen LogP contribution in [0, 0.1) is 6.92 Å². The topological polar surface area (TPSA) is 35.2 Å². The minimum atomic E-state index is 0.505. The smallest absolute Gasteiger partial charge is 0.151 e. The highest BCUT2D eigenvalue weighted by Crippen LogP contribution is 2.34. The molecule has 0 aliphatic carbocycles. The quantitative estimate of drug-likeness (QED) is 0.803. The Morgan fingerprint density at radius 1 is 1.00 bits per heavy atom. The van der Waals surface area contributed by atoms with Gasteiger partial charge in [-0.2, -0.15) is 0 Å². The van der Waals surface area contributed by atoms with Gasteiger partial charge in [0.25, 0.3) is 0 Å². The molecule has 0 bridgehead atoms. The van der Waals surface area contributed by atoms with Crippen LogP contribution in [-0.2, 0) is 0 Å². The summed E-state index contributed by atoms with van der Waals surface area (Å²) in [4.78, 5) is 0. The predicted molar refractivity (Wildman–Crippen MR) is 72.1 cm³/mol. The lowest BCUT2D eigenvalue weighted by Gasteiger charge is -2.10.